The predicted molar refractivity (Wildman–Crippen MR) is 60.9 cm³/mol. The summed E-state index contributed by atoms with van der Waals surface area (Å²) < 4.78 is 15.8. The van der Waals surface area contributed by atoms with Gasteiger partial charge in [0.1, 0.15) is 6.10 Å². The summed E-state index contributed by atoms with van der Waals surface area (Å²) in [5.41, 5.74) is 0.822. The highest BCUT2D eigenvalue weighted by Crippen LogP contribution is 2.30. The van der Waals surface area contributed by atoms with Crippen LogP contribution in [-0.4, -0.2) is 41.8 Å². The van der Waals surface area contributed by atoms with Crippen LogP contribution in [0.1, 0.15) is 11.9 Å². The number of carbonyl (C=O) groups is 2. The molecule has 1 aromatic rings. The minimum Gasteiger partial charge on any atom is -0.449 e. The van der Waals surface area contributed by atoms with E-state index in [0.29, 0.717) is 0 Å². The molecule has 0 spiro atoms. The van der Waals surface area contributed by atoms with E-state index in [9.17, 15) is 14.7 Å². The molecular formula is C13H12O6. The maximum atomic E-state index is 11.6. The summed E-state index contributed by atoms with van der Waals surface area (Å²) in [5, 5.41) is 9.26. The van der Waals surface area contributed by atoms with Gasteiger partial charge in [0.2, 0.25) is 11.9 Å². The van der Waals surface area contributed by atoms with Crippen molar-refractivity contribution in [3.63, 3.8) is 0 Å². The summed E-state index contributed by atoms with van der Waals surface area (Å²) in [6, 6.07) is 9.24. The standard InChI is InChI=1S/C13H12O6/c14-9-10(15)12(16)19-11(9)8-6-17-13(18-8)7-4-2-1-3-5-7/h1-5,8,10-11,13,15H,6H2/t8-,10?,11-,13?/m1/s1. The van der Waals surface area contributed by atoms with Gasteiger partial charge in [0.25, 0.3) is 0 Å². The zero-order valence-electron chi connectivity index (χ0n) is 9.89. The van der Waals surface area contributed by atoms with Gasteiger partial charge in [0, 0.05) is 5.56 Å². The van der Waals surface area contributed by atoms with Crippen molar-refractivity contribution < 1.29 is 28.9 Å². The summed E-state index contributed by atoms with van der Waals surface area (Å²) in [7, 11) is 0. The number of rotatable bonds is 2. The molecule has 100 valence electrons. The van der Waals surface area contributed by atoms with Crippen molar-refractivity contribution in [2.75, 3.05) is 6.61 Å². The largest absolute Gasteiger partial charge is 0.449 e. The number of Topliss-reactive ketones (excluding diaryl/α,β-unsaturated/α-hetero) is 1. The fraction of sp³-hybridized carbons (Fsp3) is 0.385. The van der Waals surface area contributed by atoms with Gasteiger partial charge in [0.15, 0.2) is 12.4 Å². The summed E-state index contributed by atoms with van der Waals surface area (Å²) in [5.74, 6) is -1.60. The fourth-order valence-corrected chi connectivity index (χ4v) is 2.14. The number of ketones is 1. The van der Waals surface area contributed by atoms with Crippen molar-refractivity contribution in [3.8, 4) is 0 Å². The highest BCUT2D eigenvalue weighted by atomic mass is 16.7. The van der Waals surface area contributed by atoms with E-state index in [1.54, 1.807) is 0 Å². The number of esters is 1. The summed E-state index contributed by atoms with van der Waals surface area (Å²) in [6.45, 7) is 0.135. The van der Waals surface area contributed by atoms with Crippen molar-refractivity contribution in [3.05, 3.63) is 35.9 Å². The molecule has 4 atom stereocenters. The van der Waals surface area contributed by atoms with Crippen molar-refractivity contribution in [1.29, 1.82) is 0 Å². The van der Waals surface area contributed by atoms with Gasteiger partial charge < -0.3 is 19.3 Å². The molecular weight excluding hydrogens is 252 g/mol. The second kappa shape index (κ2) is 4.73. The Kier molecular flexibility index (Phi) is 3.06. The van der Waals surface area contributed by atoms with E-state index in [1.165, 1.54) is 0 Å². The first-order chi connectivity index (χ1) is 9.16. The van der Waals surface area contributed by atoms with Crippen LogP contribution in [0.4, 0.5) is 0 Å². The van der Waals surface area contributed by atoms with Crippen LogP contribution in [0.2, 0.25) is 0 Å². The van der Waals surface area contributed by atoms with Crippen molar-refractivity contribution in [2.24, 2.45) is 0 Å². The molecule has 2 aliphatic rings. The number of aliphatic hydroxyl groups excluding tert-OH is 1. The third-order valence-corrected chi connectivity index (χ3v) is 3.14. The van der Waals surface area contributed by atoms with Crippen molar-refractivity contribution in [1.82, 2.24) is 0 Å². The summed E-state index contributed by atoms with van der Waals surface area (Å²) in [6.07, 6.45) is -4.06. The number of ether oxygens (including phenoxy) is 3. The molecule has 1 aromatic carbocycles. The van der Waals surface area contributed by atoms with Crippen LogP contribution < -0.4 is 0 Å². The Hall–Kier alpha value is -1.76. The molecule has 2 heterocycles. The number of carbonyl (C=O) groups excluding carboxylic acids is 2. The van der Waals surface area contributed by atoms with Gasteiger partial charge in [0.05, 0.1) is 6.61 Å². The Bertz CT molecular complexity index is 499. The highest BCUT2D eigenvalue weighted by Gasteiger charge is 2.49. The third-order valence-electron chi connectivity index (χ3n) is 3.14. The molecule has 3 rings (SSSR count). The second-order valence-electron chi connectivity index (χ2n) is 4.41. The van der Waals surface area contributed by atoms with E-state index >= 15 is 0 Å². The van der Waals surface area contributed by atoms with Crippen LogP contribution in [0.5, 0.6) is 0 Å². The highest BCUT2D eigenvalue weighted by molar-refractivity contribution is 6.09. The first kappa shape index (κ1) is 12.3. The quantitative estimate of drug-likeness (QED) is 0.596. The molecule has 0 aliphatic carbocycles. The zero-order valence-corrected chi connectivity index (χ0v) is 9.89. The number of benzene rings is 1. The van der Waals surface area contributed by atoms with Gasteiger partial charge >= 0.3 is 5.97 Å². The van der Waals surface area contributed by atoms with E-state index in [0.717, 1.165) is 5.56 Å². The molecule has 0 bridgehead atoms. The number of aliphatic hydroxyl groups is 1. The van der Waals surface area contributed by atoms with Crippen molar-refractivity contribution >= 4 is 11.8 Å². The van der Waals surface area contributed by atoms with Crippen LogP contribution in [-0.2, 0) is 23.8 Å². The molecule has 6 nitrogen and oxygen atoms in total. The van der Waals surface area contributed by atoms with E-state index < -0.39 is 36.4 Å². The second-order valence-corrected chi connectivity index (χ2v) is 4.41. The average Bonchev–Trinajstić information content (AvgIpc) is 3.01. The lowest BCUT2D eigenvalue weighted by Gasteiger charge is -2.15. The van der Waals surface area contributed by atoms with E-state index in [2.05, 4.69) is 0 Å². The lowest BCUT2D eigenvalue weighted by molar-refractivity contribution is -0.152. The van der Waals surface area contributed by atoms with E-state index in [1.807, 2.05) is 30.3 Å². The fourth-order valence-electron chi connectivity index (χ4n) is 2.14. The monoisotopic (exact) mass is 264 g/mol. The molecule has 0 amide bonds. The SMILES string of the molecule is O=C1O[C@H]([C@H]2COC(c3ccccc3)O2)C(=O)C1O. The van der Waals surface area contributed by atoms with Crippen LogP contribution in [0.3, 0.4) is 0 Å². The molecule has 0 radical (unpaired) electrons. The molecule has 2 aliphatic heterocycles. The Morgan fingerprint density at radius 1 is 1.16 bits per heavy atom. The minimum absolute atomic E-state index is 0.135. The third kappa shape index (κ3) is 2.14. The summed E-state index contributed by atoms with van der Waals surface area (Å²) >= 11 is 0. The van der Waals surface area contributed by atoms with Gasteiger partial charge in [-0.05, 0) is 0 Å². The number of cyclic esters (lactones) is 1. The molecule has 6 heteroatoms. The van der Waals surface area contributed by atoms with Crippen molar-refractivity contribution in [2.45, 2.75) is 24.6 Å². The first-order valence-electron chi connectivity index (χ1n) is 5.91. The van der Waals surface area contributed by atoms with Crippen LogP contribution in [0.25, 0.3) is 0 Å². The van der Waals surface area contributed by atoms with Gasteiger partial charge in [-0.1, -0.05) is 30.3 Å². The lowest BCUT2D eigenvalue weighted by Crippen LogP contribution is -2.36. The Labute approximate surface area is 108 Å². The summed E-state index contributed by atoms with van der Waals surface area (Å²) in [4.78, 5) is 22.7. The molecule has 2 unspecified atom stereocenters. The maximum Gasteiger partial charge on any atom is 0.343 e. The van der Waals surface area contributed by atoms with Gasteiger partial charge in [-0.2, -0.15) is 0 Å². The first-order valence-corrected chi connectivity index (χ1v) is 5.91. The molecule has 2 fully saturated rings. The van der Waals surface area contributed by atoms with E-state index in [-0.39, 0.29) is 6.61 Å². The Morgan fingerprint density at radius 3 is 2.53 bits per heavy atom. The molecule has 0 saturated carbocycles. The molecule has 2 saturated heterocycles. The minimum atomic E-state index is -1.70. The number of hydrogen-bond donors (Lipinski definition) is 1. The van der Waals surface area contributed by atoms with Gasteiger partial charge in [-0.15, -0.1) is 0 Å². The number of hydrogen-bond acceptors (Lipinski definition) is 6. The molecule has 19 heavy (non-hydrogen) atoms. The molecule has 1 N–H and O–H groups in total. The smallest absolute Gasteiger partial charge is 0.343 e. The maximum absolute atomic E-state index is 11.6. The Morgan fingerprint density at radius 2 is 1.89 bits per heavy atom. The van der Waals surface area contributed by atoms with Gasteiger partial charge in [-0.3, -0.25) is 4.79 Å². The predicted octanol–water partition coefficient (Wildman–Crippen LogP) is -0.0440. The van der Waals surface area contributed by atoms with E-state index in [4.69, 9.17) is 14.2 Å². The zero-order chi connectivity index (χ0) is 13.4. The topological polar surface area (TPSA) is 82.1 Å². The van der Waals surface area contributed by atoms with Crippen LogP contribution in [0.15, 0.2) is 30.3 Å². The normalized spacial score (nSPS) is 34.6. The molecule has 0 aromatic heterocycles. The average molecular weight is 264 g/mol. The van der Waals surface area contributed by atoms with Crippen LogP contribution >= 0.6 is 0 Å². The lowest BCUT2D eigenvalue weighted by atomic mass is 10.1. The Balaban J connectivity index is 1.70. The van der Waals surface area contributed by atoms with Crippen LogP contribution in [0, 0.1) is 0 Å². The van der Waals surface area contributed by atoms with Gasteiger partial charge in [-0.25, -0.2) is 4.79 Å².